The summed E-state index contributed by atoms with van der Waals surface area (Å²) in [5.41, 5.74) is 13.5. The number of anilines is 3. The number of hydrogen-bond acceptors (Lipinski definition) is 28. The number of hydrogen-bond donors (Lipinski definition) is 7. The number of carboxylic acids is 2. The number of carbonyl (C=O) groups is 12. The zero-order valence-electron chi connectivity index (χ0n) is 71.9. The number of pyridine rings is 3. The normalized spacial score (nSPS) is 16.0. The molecule has 9 heterocycles. The number of aliphatic hydroxyl groups is 1. The molecular weight excluding hydrogens is 1890 g/mol. The Kier molecular flexibility index (Phi) is 37.8. The quantitative estimate of drug-likeness (QED) is 0.00710. The van der Waals surface area contributed by atoms with E-state index in [2.05, 4.69) is 109 Å². The minimum absolute atomic E-state index is 0.00359. The molecule has 8 N–H and O–H groups in total. The molecule has 3 aromatic carbocycles. The number of fused-ring (bicyclic) bond motifs is 3. The van der Waals surface area contributed by atoms with Crippen molar-refractivity contribution < 1.29 is 96.5 Å². The second-order valence-corrected chi connectivity index (χ2v) is 36.8. The van der Waals surface area contributed by atoms with E-state index in [1.165, 1.54) is 21.0 Å². The number of nitrogens with two attached hydrogens (primary N) is 1. The van der Waals surface area contributed by atoms with Crippen molar-refractivity contribution in [2.24, 2.45) is 5.84 Å². The van der Waals surface area contributed by atoms with E-state index in [0.29, 0.717) is 107 Å². The first-order valence-electron chi connectivity index (χ1n) is 39.6. The van der Waals surface area contributed by atoms with Crippen LogP contribution in [0.3, 0.4) is 0 Å². The molecule has 125 heavy (non-hydrogen) atoms. The average molecular weight is 1990 g/mol. The number of benzene rings is 3. The molecule has 0 atom stereocenters. The van der Waals surface area contributed by atoms with Gasteiger partial charge in [0.1, 0.15) is 34.3 Å². The van der Waals surface area contributed by atoms with Gasteiger partial charge in [-0.25, -0.2) is 44.8 Å². The highest BCUT2D eigenvalue weighted by molar-refractivity contribution is 9.11. The third kappa shape index (κ3) is 30.5. The van der Waals surface area contributed by atoms with E-state index < -0.39 is 74.6 Å². The summed E-state index contributed by atoms with van der Waals surface area (Å²) in [7, 11) is 2.28. The fourth-order valence-corrected chi connectivity index (χ4v) is 14.4. The lowest BCUT2D eigenvalue weighted by Crippen LogP contribution is -2.49. The highest BCUT2D eigenvalue weighted by atomic mass is 79.9. The van der Waals surface area contributed by atoms with Crippen LogP contribution in [-0.2, 0) is 86.5 Å². The molecule has 0 aliphatic carbocycles. The van der Waals surface area contributed by atoms with Gasteiger partial charge in [0.05, 0.1) is 23.7 Å². The van der Waals surface area contributed by atoms with Gasteiger partial charge in [-0.3, -0.25) is 59.1 Å². The molecule has 0 unspecified atom stereocenters. The van der Waals surface area contributed by atoms with Crippen molar-refractivity contribution in [1.82, 2.24) is 54.4 Å². The van der Waals surface area contributed by atoms with E-state index in [1.807, 2.05) is 129 Å². The minimum atomic E-state index is -1.04. The maximum atomic E-state index is 13.1. The number of hydrazine groups is 3. The summed E-state index contributed by atoms with van der Waals surface area (Å²) in [6.45, 7) is 30.9. The van der Waals surface area contributed by atoms with Gasteiger partial charge in [0.2, 0.25) is 0 Å². The molecule has 0 saturated carbocycles. The number of nitrogens with zero attached hydrogens (tertiary/aromatic N) is 11. The third-order valence-electron chi connectivity index (χ3n) is 19.5. The standard InChI is InChI=1S/C28H34BrN5O6.C27H32BrN5O6.C19H26BrN5O2.C8H8O5.CHCl3.CH4O/c1-17-20(8-9-24(35)39-5)26(37)34(25(17)36)31-23-14-18(21-7-6-19(29)15-22(21)30-23)16-32-10-12-33(13-11-32)27(38)40-28(2,3)4;1-16-19(7-8-23(34)35)25(37)33(24(16)36)30-22-13-17(20-6-5-18(28)14-21(20)29-22)15-31-9-11-32(12-10-31)26(38)39-27(2,3)4;1-19(2,3)27-18(26)25-8-6-24(7-9-25)12-13-10-17(23-21)22-16-11-14(20)4-5-15(13)16;1-4-5(2-3-6(9)10)8(12)13-7(4)11;2-1(3)4;1-2/h6-7,14-15H,8-13,16H2,1-5H3,(H,30,31);5-6,13-14H,7-12,15H2,1-4H3,(H,29,30)(H,34,35);4-5,10-11H,6-9,12,21H2,1-3H3,(H,22,23);2-3H2,1H3,(H,9,10);1H;2H,1H3. The highest BCUT2D eigenvalue weighted by Gasteiger charge is 2.40. The Morgan fingerprint density at radius 1 is 0.456 bits per heavy atom. The number of esters is 3. The van der Waals surface area contributed by atoms with E-state index in [0.717, 1.165) is 88.5 Å². The van der Waals surface area contributed by atoms with Crippen LogP contribution in [-0.4, -0.2) is 255 Å². The number of carbonyl (C=O) groups excluding carboxylic acids is 10. The molecule has 35 nitrogen and oxygen atoms in total. The topological polar surface area (TPSA) is 438 Å². The average Bonchev–Trinajstić information content (AvgIpc) is 1.68. The minimum Gasteiger partial charge on any atom is -0.481 e. The molecule has 6 aromatic rings. The number of nitrogens with one attached hydrogen (secondary N) is 3. The smallest absolute Gasteiger partial charge is 0.410 e. The number of cyclic esters (lactones) is 2. The van der Waals surface area contributed by atoms with Crippen molar-refractivity contribution >= 4 is 205 Å². The summed E-state index contributed by atoms with van der Waals surface area (Å²) in [6.07, 6.45) is -1.15. The predicted molar refractivity (Wildman–Crippen MR) is 480 cm³/mol. The van der Waals surface area contributed by atoms with Crippen molar-refractivity contribution in [1.29, 1.82) is 0 Å². The Balaban J connectivity index is 0.000000236. The number of carboxylic acid groups (broad SMARTS) is 2. The Bertz CT molecular complexity index is 5130. The van der Waals surface area contributed by atoms with Crippen molar-refractivity contribution in [3.8, 4) is 0 Å². The monoisotopic (exact) mass is 1990 g/mol. The summed E-state index contributed by atoms with van der Waals surface area (Å²) in [5, 5.41) is 29.2. The van der Waals surface area contributed by atoms with Crippen LogP contribution in [0.4, 0.5) is 31.8 Å². The molecule has 678 valence electrons. The van der Waals surface area contributed by atoms with Crippen LogP contribution in [0.2, 0.25) is 0 Å². The van der Waals surface area contributed by atoms with Crippen LogP contribution < -0.4 is 22.1 Å². The maximum absolute atomic E-state index is 13.1. The van der Waals surface area contributed by atoms with Crippen molar-refractivity contribution in [2.45, 2.75) is 162 Å². The zero-order valence-corrected chi connectivity index (χ0v) is 78.9. The van der Waals surface area contributed by atoms with Gasteiger partial charge >= 0.3 is 48.1 Å². The number of halogens is 6. The molecule has 6 aliphatic heterocycles. The first-order chi connectivity index (χ1) is 58.7. The number of aromatic nitrogens is 3. The van der Waals surface area contributed by atoms with Crippen molar-refractivity contribution in [3.63, 3.8) is 0 Å². The summed E-state index contributed by atoms with van der Waals surface area (Å²) in [6, 6.07) is 23.2. The number of rotatable bonds is 20. The molecule has 0 radical (unpaired) electrons. The molecule has 12 rings (SSSR count). The molecule has 7 amide bonds. The molecule has 41 heteroatoms. The van der Waals surface area contributed by atoms with Gasteiger partial charge < -0.3 is 59.1 Å². The van der Waals surface area contributed by atoms with Crippen LogP contribution >= 0.6 is 82.6 Å². The lowest BCUT2D eigenvalue weighted by Gasteiger charge is -2.35. The summed E-state index contributed by atoms with van der Waals surface area (Å²) < 4.78 is 27.3. The second-order valence-electron chi connectivity index (χ2n) is 32.1. The fourth-order valence-electron chi connectivity index (χ4n) is 13.3. The Labute approximate surface area is 763 Å². The van der Waals surface area contributed by atoms with Crippen molar-refractivity contribution in [2.75, 3.05) is 109 Å². The van der Waals surface area contributed by atoms with Crippen LogP contribution in [0.1, 0.15) is 138 Å². The van der Waals surface area contributed by atoms with Gasteiger partial charge in [-0.15, -0.1) is 0 Å². The van der Waals surface area contributed by atoms with E-state index >= 15 is 0 Å². The molecule has 0 bridgehead atoms. The number of imide groups is 2. The van der Waals surface area contributed by atoms with Crippen molar-refractivity contribution in [3.05, 3.63) is 136 Å². The molecule has 6 aliphatic rings. The molecular formula is C84H105Br3Cl3N15O20. The SMILES string of the molecule is CC(C)(C)OC(=O)N1CCN(Cc2cc(NN)nc3cc(Br)ccc23)CC1.CC1=C(CCC(=O)O)C(=O)N(Nc2cc(CN3CCN(C(=O)OC(C)(C)C)CC3)c3ccc(Br)cc3n2)C1=O.CC1=C(CCC(=O)O)C(=O)OC1=O.CO.COC(=O)CCC1=C(C)C(=O)N(Nc2cc(CN3CCN(C(=O)OC(C)(C)C)CC3)c3ccc(Br)cc3n2)C1=O.ClC(Cl)Cl. The first-order valence-corrected chi connectivity index (χ1v) is 43.3. The molecule has 3 saturated heterocycles. The molecule has 3 fully saturated rings. The van der Waals surface area contributed by atoms with Gasteiger partial charge in [0.15, 0.2) is 4.30 Å². The lowest BCUT2D eigenvalue weighted by molar-refractivity contribution is -0.151. The van der Waals surface area contributed by atoms with Crippen LogP contribution in [0.25, 0.3) is 32.7 Å². The maximum Gasteiger partial charge on any atom is 0.410 e. The number of amides is 7. The summed E-state index contributed by atoms with van der Waals surface area (Å²) in [5.74, 6) is 0.891. The molecule has 3 aromatic heterocycles. The van der Waals surface area contributed by atoms with E-state index in [9.17, 15) is 57.5 Å². The number of piperazine rings is 3. The van der Waals surface area contributed by atoms with E-state index in [-0.39, 0.29) is 90.2 Å². The van der Waals surface area contributed by atoms with E-state index in [1.54, 1.807) is 21.6 Å². The number of ether oxygens (including phenoxy) is 5. The van der Waals surface area contributed by atoms with Gasteiger partial charge in [0, 0.05) is 188 Å². The van der Waals surface area contributed by atoms with Crippen LogP contribution in [0, 0.1) is 0 Å². The number of methoxy groups -OCH3 is 1. The van der Waals surface area contributed by atoms with E-state index in [4.69, 9.17) is 70.2 Å². The lowest BCUT2D eigenvalue weighted by atomic mass is 10.1. The number of aliphatic carboxylic acids is 2. The third-order valence-corrected chi connectivity index (χ3v) is 21.0. The second kappa shape index (κ2) is 46.1. The Morgan fingerprint density at radius 2 is 0.752 bits per heavy atom. The Morgan fingerprint density at radius 3 is 1.03 bits per heavy atom. The number of nitrogen functional groups attached to an aromatic ring is 1. The van der Waals surface area contributed by atoms with Gasteiger partial charge in [-0.05, 0) is 174 Å². The van der Waals surface area contributed by atoms with Crippen LogP contribution in [0.15, 0.2) is 120 Å². The largest absolute Gasteiger partial charge is 0.481 e. The highest BCUT2D eigenvalue weighted by Crippen LogP contribution is 2.34. The number of aliphatic hydroxyl groups excluding tert-OH is 1. The van der Waals surface area contributed by atoms with Gasteiger partial charge in [-0.1, -0.05) is 101 Å². The Hall–Kier alpha value is -9.74. The molecule has 0 spiro atoms. The van der Waals surface area contributed by atoms with Gasteiger partial charge in [0.25, 0.3) is 23.6 Å². The zero-order chi connectivity index (χ0) is 92.9. The number of alkyl halides is 3. The van der Waals surface area contributed by atoms with Crippen LogP contribution in [0.5, 0.6) is 0 Å². The van der Waals surface area contributed by atoms with Gasteiger partial charge in [-0.2, -0.15) is 10.0 Å². The summed E-state index contributed by atoms with van der Waals surface area (Å²) >= 11 is 24.9. The summed E-state index contributed by atoms with van der Waals surface area (Å²) in [4.78, 5) is 169. The first kappa shape index (κ1) is 102. The predicted octanol–water partition coefficient (Wildman–Crippen LogP) is 13.1. The fraction of sp³-hybridized carbons (Fsp3) is 0.464.